The average Bonchev–Trinajstić information content (AvgIpc) is 3.36. The normalized spacial score (nSPS) is 13.1. The second-order valence-electron chi connectivity index (χ2n) is 8.77. The van der Waals surface area contributed by atoms with Crippen LogP contribution in [0.1, 0.15) is 51.3 Å². The monoisotopic (exact) mass is 530 g/mol. The van der Waals surface area contributed by atoms with Crippen LogP contribution in [-0.2, 0) is 0 Å². The summed E-state index contributed by atoms with van der Waals surface area (Å²) >= 11 is 0. The molecule has 0 saturated heterocycles. The molecular formula is C27H33F3N6O2. The summed E-state index contributed by atoms with van der Waals surface area (Å²) in [5.41, 5.74) is 2.59. The molecular weight excluding hydrogens is 497 g/mol. The topological polar surface area (TPSA) is 84.7 Å². The van der Waals surface area contributed by atoms with Gasteiger partial charge in [-0.25, -0.2) is 14.8 Å². The minimum Gasteiger partial charge on any atom is -0.475 e. The molecule has 0 bridgehead atoms. The highest BCUT2D eigenvalue weighted by atomic mass is 19.4. The Balaban J connectivity index is 1.82. The first kappa shape index (κ1) is 28.7. The third-order valence-electron chi connectivity index (χ3n) is 6.03. The van der Waals surface area contributed by atoms with Gasteiger partial charge in [0.05, 0.1) is 24.0 Å². The fraction of sp³-hybridized carbons (Fsp3) is 0.407. The lowest BCUT2D eigenvalue weighted by molar-refractivity contribution is -0.136. The first-order valence-corrected chi connectivity index (χ1v) is 12.4. The summed E-state index contributed by atoms with van der Waals surface area (Å²) in [7, 11) is 0. The smallest absolute Gasteiger partial charge is 0.389 e. The molecule has 3 aromatic rings. The number of pyridine rings is 1. The molecule has 3 aromatic heterocycles. The predicted molar refractivity (Wildman–Crippen MR) is 140 cm³/mol. The highest BCUT2D eigenvalue weighted by Gasteiger charge is 2.30. The molecule has 38 heavy (non-hydrogen) atoms. The molecule has 0 aliphatic heterocycles. The largest absolute Gasteiger partial charge is 0.475 e. The van der Waals surface area contributed by atoms with E-state index in [1.54, 1.807) is 31.6 Å². The van der Waals surface area contributed by atoms with E-state index in [1.165, 1.54) is 11.0 Å². The van der Waals surface area contributed by atoms with Crippen molar-refractivity contribution < 1.29 is 22.7 Å². The fourth-order valence-corrected chi connectivity index (χ4v) is 4.01. The summed E-state index contributed by atoms with van der Waals surface area (Å²) in [5.74, 6) is 0.391. The van der Waals surface area contributed by atoms with Crippen molar-refractivity contribution >= 4 is 11.7 Å². The van der Waals surface area contributed by atoms with E-state index in [0.717, 1.165) is 5.56 Å². The van der Waals surface area contributed by atoms with Crippen molar-refractivity contribution in [1.29, 1.82) is 0 Å². The number of rotatable bonds is 13. The number of amides is 2. The Morgan fingerprint density at radius 1 is 1.26 bits per heavy atom. The van der Waals surface area contributed by atoms with Gasteiger partial charge in [0.25, 0.3) is 5.88 Å². The van der Waals surface area contributed by atoms with Gasteiger partial charge in [0, 0.05) is 49.4 Å². The van der Waals surface area contributed by atoms with Crippen molar-refractivity contribution in [2.75, 3.05) is 13.2 Å². The summed E-state index contributed by atoms with van der Waals surface area (Å²) in [6.45, 7) is 11.7. The van der Waals surface area contributed by atoms with E-state index in [-0.39, 0.29) is 12.8 Å². The maximum Gasteiger partial charge on any atom is 0.389 e. The fourth-order valence-electron chi connectivity index (χ4n) is 4.01. The molecule has 11 heteroatoms. The van der Waals surface area contributed by atoms with E-state index >= 15 is 0 Å². The molecule has 2 atom stereocenters. The van der Waals surface area contributed by atoms with Crippen LogP contribution >= 0.6 is 0 Å². The van der Waals surface area contributed by atoms with Crippen LogP contribution in [-0.4, -0.2) is 55.7 Å². The van der Waals surface area contributed by atoms with Crippen LogP contribution in [0.5, 0.6) is 5.88 Å². The van der Waals surface area contributed by atoms with Crippen molar-refractivity contribution in [3.8, 4) is 17.1 Å². The number of halogens is 3. The lowest BCUT2D eigenvalue weighted by atomic mass is 10.1. The molecule has 3 heterocycles. The zero-order valence-electron chi connectivity index (χ0n) is 21.6. The Hall–Kier alpha value is -3.89. The van der Waals surface area contributed by atoms with Gasteiger partial charge in [0.2, 0.25) is 5.65 Å². The maximum absolute atomic E-state index is 13.1. The quantitative estimate of drug-likeness (QED) is 0.212. The third-order valence-corrected chi connectivity index (χ3v) is 6.03. The Morgan fingerprint density at radius 3 is 2.74 bits per heavy atom. The van der Waals surface area contributed by atoms with E-state index in [0.29, 0.717) is 42.5 Å². The number of hydrogen-bond donors (Lipinski definition) is 1. The molecule has 204 valence electrons. The van der Waals surface area contributed by atoms with Crippen molar-refractivity contribution in [2.24, 2.45) is 0 Å². The average molecular weight is 531 g/mol. The Bertz CT molecular complexity index is 1240. The van der Waals surface area contributed by atoms with Gasteiger partial charge in [-0.2, -0.15) is 13.2 Å². The Kier molecular flexibility index (Phi) is 9.86. The number of aromatic nitrogens is 4. The number of carbonyl (C=O) groups is 1. The lowest BCUT2D eigenvalue weighted by Crippen LogP contribution is -2.46. The minimum atomic E-state index is -4.30. The molecule has 0 unspecified atom stereocenters. The molecule has 0 aliphatic rings. The minimum absolute atomic E-state index is 0.222. The van der Waals surface area contributed by atoms with E-state index in [1.807, 2.05) is 29.7 Å². The number of ether oxygens (including phenoxy) is 1. The second-order valence-corrected chi connectivity index (χ2v) is 8.77. The van der Waals surface area contributed by atoms with Crippen LogP contribution < -0.4 is 10.1 Å². The van der Waals surface area contributed by atoms with Crippen LogP contribution in [0.25, 0.3) is 16.9 Å². The number of hydrogen-bond acceptors (Lipinski definition) is 5. The van der Waals surface area contributed by atoms with Crippen molar-refractivity contribution in [1.82, 2.24) is 29.6 Å². The number of nitrogens with zero attached hydrogens (tertiary/aromatic N) is 5. The molecule has 1 N–H and O–H groups in total. The van der Waals surface area contributed by atoms with Crippen LogP contribution in [0.2, 0.25) is 0 Å². The molecule has 8 nitrogen and oxygen atoms in total. The molecule has 0 radical (unpaired) electrons. The molecule has 0 aliphatic carbocycles. The van der Waals surface area contributed by atoms with Gasteiger partial charge in [-0.1, -0.05) is 12.2 Å². The standard InChI is InChI=1S/C27H33F3N6O2/c1-5-8-16-38-25-24-32-14-15-35(24)18-23(34-25)20-11-13-31-22(17-20)19(4)36(7-3)26(37)33-21(9-6-2)10-12-27(28,29)30/h5-6,11,13-15,17-19,21H,1-2,7-10,12,16H2,3-4H3,(H,33,37)/t19-,21-/m1/s1. The van der Waals surface area contributed by atoms with Gasteiger partial charge < -0.3 is 19.4 Å². The number of carbonyl (C=O) groups excluding carboxylic acids is 1. The lowest BCUT2D eigenvalue weighted by Gasteiger charge is -2.30. The number of fused-ring (bicyclic) bond motifs is 1. The SMILES string of the molecule is C=CCCOc1nc(-c2ccnc([C@@H](C)N(CC)C(=O)N[C@H](CC=C)CCC(F)(F)F)c2)cn2ccnc12. The van der Waals surface area contributed by atoms with E-state index < -0.39 is 30.7 Å². The molecule has 0 fully saturated rings. The van der Waals surface area contributed by atoms with Crippen LogP contribution in [0.15, 0.2) is 62.2 Å². The number of imidazole rings is 1. The zero-order valence-corrected chi connectivity index (χ0v) is 21.6. The van der Waals surface area contributed by atoms with Gasteiger partial charge in [-0.15, -0.1) is 13.2 Å². The maximum atomic E-state index is 13.1. The van der Waals surface area contributed by atoms with Gasteiger partial charge in [-0.3, -0.25) is 4.98 Å². The third kappa shape index (κ3) is 7.56. The summed E-state index contributed by atoms with van der Waals surface area (Å²) in [4.78, 5) is 28.0. The Labute approximate surface area is 220 Å². The first-order chi connectivity index (χ1) is 18.2. The van der Waals surface area contributed by atoms with E-state index in [4.69, 9.17) is 4.74 Å². The second kappa shape index (κ2) is 13.1. The molecule has 0 saturated carbocycles. The molecule has 0 spiro atoms. The first-order valence-electron chi connectivity index (χ1n) is 12.4. The number of alkyl halides is 3. The Morgan fingerprint density at radius 2 is 2.05 bits per heavy atom. The summed E-state index contributed by atoms with van der Waals surface area (Å²) in [6, 6.07) is 2.06. The summed E-state index contributed by atoms with van der Waals surface area (Å²) in [5, 5.41) is 2.73. The molecule has 3 rings (SSSR count). The highest BCUT2D eigenvalue weighted by Crippen LogP contribution is 2.27. The van der Waals surface area contributed by atoms with Gasteiger partial charge >= 0.3 is 12.2 Å². The van der Waals surface area contributed by atoms with Gasteiger partial charge in [0.15, 0.2) is 0 Å². The van der Waals surface area contributed by atoms with Gasteiger partial charge in [0.1, 0.15) is 0 Å². The number of nitrogens with one attached hydrogen (secondary N) is 1. The van der Waals surface area contributed by atoms with Crippen LogP contribution in [0, 0.1) is 0 Å². The van der Waals surface area contributed by atoms with Gasteiger partial charge in [-0.05, 0) is 45.2 Å². The van der Waals surface area contributed by atoms with Crippen molar-refractivity contribution in [3.63, 3.8) is 0 Å². The van der Waals surface area contributed by atoms with Crippen molar-refractivity contribution in [3.05, 3.63) is 67.9 Å². The summed E-state index contributed by atoms with van der Waals surface area (Å²) < 4.78 is 45.9. The molecule has 0 aromatic carbocycles. The number of urea groups is 1. The predicted octanol–water partition coefficient (Wildman–Crippen LogP) is 6.13. The highest BCUT2D eigenvalue weighted by molar-refractivity contribution is 5.75. The van der Waals surface area contributed by atoms with E-state index in [9.17, 15) is 18.0 Å². The van der Waals surface area contributed by atoms with Crippen molar-refractivity contribution in [2.45, 2.75) is 57.8 Å². The van der Waals surface area contributed by atoms with Crippen LogP contribution in [0.4, 0.5) is 18.0 Å². The summed E-state index contributed by atoms with van der Waals surface area (Å²) in [6.07, 6.45) is 5.59. The van der Waals surface area contributed by atoms with E-state index in [2.05, 4.69) is 33.4 Å². The van der Waals surface area contributed by atoms with Crippen LogP contribution in [0.3, 0.4) is 0 Å². The molecule has 2 amide bonds. The zero-order chi connectivity index (χ0) is 27.7.